The molecule has 0 spiro atoms. The maximum atomic E-state index is 12.1. The van der Waals surface area contributed by atoms with Gasteiger partial charge in [0.15, 0.2) is 12.7 Å². The SMILES string of the molecule is C[C@H](OC(=O)c1ccc(OCC(N)=O)cc1)C(=O)Nc1ccccc1. The predicted octanol–water partition coefficient (Wildman–Crippen LogP) is 1.73. The molecule has 0 unspecified atom stereocenters. The smallest absolute Gasteiger partial charge is 0.338 e. The van der Waals surface area contributed by atoms with Gasteiger partial charge in [-0.25, -0.2) is 4.79 Å². The topological polar surface area (TPSA) is 108 Å². The molecule has 0 saturated heterocycles. The summed E-state index contributed by atoms with van der Waals surface area (Å²) in [4.78, 5) is 34.8. The van der Waals surface area contributed by atoms with Crippen molar-refractivity contribution in [2.24, 2.45) is 5.73 Å². The largest absolute Gasteiger partial charge is 0.484 e. The zero-order valence-electron chi connectivity index (χ0n) is 13.6. The Kier molecular flexibility index (Phi) is 6.11. The Morgan fingerprint density at radius 2 is 1.68 bits per heavy atom. The summed E-state index contributed by atoms with van der Waals surface area (Å²) in [6, 6.07) is 14.8. The number of para-hydroxylation sites is 1. The third kappa shape index (κ3) is 5.65. The zero-order chi connectivity index (χ0) is 18.2. The molecular formula is C18H18N2O5. The number of esters is 1. The molecule has 2 rings (SSSR count). The van der Waals surface area contributed by atoms with Gasteiger partial charge >= 0.3 is 5.97 Å². The molecule has 2 aromatic rings. The molecule has 0 heterocycles. The summed E-state index contributed by atoms with van der Waals surface area (Å²) in [6.45, 7) is 1.24. The van der Waals surface area contributed by atoms with Gasteiger partial charge in [0.05, 0.1) is 5.56 Å². The number of anilines is 1. The Morgan fingerprint density at radius 3 is 2.28 bits per heavy atom. The molecule has 0 aliphatic rings. The Labute approximate surface area is 144 Å². The maximum absolute atomic E-state index is 12.1. The molecule has 0 aliphatic heterocycles. The molecule has 7 heteroatoms. The fraction of sp³-hybridized carbons (Fsp3) is 0.167. The van der Waals surface area contributed by atoms with Crippen LogP contribution in [0.4, 0.5) is 5.69 Å². The van der Waals surface area contributed by atoms with Gasteiger partial charge < -0.3 is 20.5 Å². The summed E-state index contributed by atoms with van der Waals surface area (Å²) in [7, 11) is 0. The van der Waals surface area contributed by atoms with Crippen LogP contribution in [-0.2, 0) is 14.3 Å². The summed E-state index contributed by atoms with van der Waals surface area (Å²) in [5.74, 6) is -1.27. The molecule has 0 aromatic heterocycles. The van der Waals surface area contributed by atoms with Crippen LogP contribution >= 0.6 is 0 Å². The lowest BCUT2D eigenvalue weighted by Crippen LogP contribution is -2.29. The van der Waals surface area contributed by atoms with Gasteiger partial charge in [0, 0.05) is 5.69 Å². The minimum absolute atomic E-state index is 0.250. The molecule has 3 N–H and O–H groups in total. The van der Waals surface area contributed by atoms with E-state index in [0.29, 0.717) is 11.4 Å². The highest BCUT2D eigenvalue weighted by molar-refractivity contribution is 5.97. The second kappa shape index (κ2) is 8.49. The van der Waals surface area contributed by atoms with Crippen LogP contribution in [0.3, 0.4) is 0 Å². The van der Waals surface area contributed by atoms with E-state index < -0.39 is 23.9 Å². The maximum Gasteiger partial charge on any atom is 0.338 e. The van der Waals surface area contributed by atoms with Crippen LogP contribution in [-0.4, -0.2) is 30.5 Å². The Hall–Kier alpha value is -3.35. The van der Waals surface area contributed by atoms with Crippen LogP contribution in [0.25, 0.3) is 0 Å². The van der Waals surface area contributed by atoms with E-state index in [9.17, 15) is 14.4 Å². The first-order chi connectivity index (χ1) is 12.0. The Morgan fingerprint density at radius 1 is 1.04 bits per heavy atom. The first kappa shape index (κ1) is 18.0. The second-order valence-electron chi connectivity index (χ2n) is 5.18. The summed E-state index contributed by atoms with van der Waals surface area (Å²) in [5.41, 5.74) is 5.85. The molecule has 0 fully saturated rings. The highest BCUT2D eigenvalue weighted by atomic mass is 16.5. The minimum Gasteiger partial charge on any atom is -0.484 e. The van der Waals surface area contributed by atoms with Crippen molar-refractivity contribution in [2.75, 3.05) is 11.9 Å². The normalized spacial score (nSPS) is 11.2. The van der Waals surface area contributed by atoms with Crippen LogP contribution in [0, 0.1) is 0 Å². The van der Waals surface area contributed by atoms with Crippen molar-refractivity contribution in [3.8, 4) is 5.75 Å². The van der Waals surface area contributed by atoms with E-state index in [1.54, 1.807) is 24.3 Å². The van der Waals surface area contributed by atoms with Crippen molar-refractivity contribution in [3.05, 3.63) is 60.2 Å². The van der Waals surface area contributed by atoms with E-state index >= 15 is 0 Å². The number of hydrogen-bond acceptors (Lipinski definition) is 5. The fourth-order valence-corrected chi connectivity index (χ4v) is 1.89. The van der Waals surface area contributed by atoms with Crippen LogP contribution in [0.5, 0.6) is 5.75 Å². The van der Waals surface area contributed by atoms with Gasteiger partial charge in [0.1, 0.15) is 5.75 Å². The molecule has 25 heavy (non-hydrogen) atoms. The lowest BCUT2D eigenvalue weighted by Gasteiger charge is -2.13. The standard InChI is InChI=1S/C18H18N2O5/c1-12(17(22)20-14-5-3-2-4-6-14)25-18(23)13-7-9-15(10-8-13)24-11-16(19)21/h2-10,12H,11H2,1H3,(H2,19,21)(H,20,22)/t12-/m0/s1. The highest BCUT2D eigenvalue weighted by Gasteiger charge is 2.19. The number of nitrogens with one attached hydrogen (secondary N) is 1. The van der Waals surface area contributed by atoms with Gasteiger partial charge in [-0.15, -0.1) is 0 Å². The van der Waals surface area contributed by atoms with Gasteiger partial charge in [0.25, 0.3) is 11.8 Å². The van der Waals surface area contributed by atoms with E-state index in [2.05, 4.69) is 5.32 Å². The predicted molar refractivity (Wildman–Crippen MR) is 91.1 cm³/mol. The van der Waals surface area contributed by atoms with Crippen molar-refractivity contribution in [1.82, 2.24) is 0 Å². The summed E-state index contributed by atoms with van der Waals surface area (Å²) >= 11 is 0. The Balaban J connectivity index is 1.89. The first-order valence-electron chi connectivity index (χ1n) is 7.54. The van der Waals surface area contributed by atoms with Gasteiger partial charge in [-0.2, -0.15) is 0 Å². The third-order valence-electron chi connectivity index (χ3n) is 3.17. The lowest BCUT2D eigenvalue weighted by atomic mass is 10.2. The van der Waals surface area contributed by atoms with Crippen molar-refractivity contribution in [2.45, 2.75) is 13.0 Å². The molecule has 1 atom stereocenters. The molecule has 130 valence electrons. The second-order valence-corrected chi connectivity index (χ2v) is 5.18. The third-order valence-corrected chi connectivity index (χ3v) is 3.17. The molecule has 0 bridgehead atoms. The molecule has 0 saturated carbocycles. The van der Waals surface area contributed by atoms with Gasteiger partial charge in [-0.05, 0) is 43.3 Å². The molecular weight excluding hydrogens is 324 g/mol. The van der Waals surface area contributed by atoms with E-state index in [1.807, 2.05) is 6.07 Å². The van der Waals surface area contributed by atoms with Crippen LogP contribution < -0.4 is 15.8 Å². The van der Waals surface area contributed by atoms with Crippen molar-refractivity contribution < 1.29 is 23.9 Å². The zero-order valence-corrected chi connectivity index (χ0v) is 13.6. The monoisotopic (exact) mass is 342 g/mol. The number of primary amides is 1. The molecule has 7 nitrogen and oxygen atoms in total. The van der Waals surface area contributed by atoms with E-state index in [4.69, 9.17) is 15.2 Å². The number of hydrogen-bond donors (Lipinski definition) is 2. The fourth-order valence-electron chi connectivity index (χ4n) is 1.89. The molecule has 0 aliphatic carbocycles. The van der Waals surface area contributed by atoms with Crippen LogP contribution in [0.1, 0.15) is 17.3 Å². The van der Waals surface area contributed by atoms with Crippen LogP contribution in [0.15, 0.2) is 54.6 Å². The lowest BCUT2D eigenvalue weighted by molar-refractivity contribution is -0.123. The van der Waals surface area contributed by atoms with Crippen molar-refractivity contribution >= 4 is 23.5 Å². The number of nitrogens with two attached hydrogens (primary N) is 1. The number of benzene rings is 2. The average Bonchev–Trinajstić information content (AvgIpc) is 2.61. The average molecular weight is 342 g/mol. The van der Waals surface area contributed by atoms with Gasteiger partial charge in [-0.3, -0.25) is 9.59 Å². The molecule has 0 radical (unpaired) electrons. The first-order valence-corrected chi connectivity index (χ1v) is 7.54. The van der Waals surface area contributed by atoms with E-state index in [0.717, 1.165) is 0 Å². The van der Waals surface area contributed by atoms with E-state index in [-0.39, 0.29) is 12.2 Å². The Bertz CT molecular complexity index is 744. The van der Waals surface area contributed by atoms with Crippen molar-refractivity contribution in [3.63, 3.8) is 0 Å². The molecule has 2 amide bonds. The van der Waals surface area contributed by atoms with Gasteiger partial charge in [-0.1, -0.05) is 18.2 Å². The van der Waals surface area contributed by atoms with E-state index in [1.165, 1.54) is 31.2 Å². The number of rotatable bonds is 7. The van der Waals surface area contributed by atoms with Gasteiger partial charge in [0.2, 0.25) is 0 Å². The highest BCUT2D eigenvalue weighted by Crippen LogP contribution is 2.14. The quantitative estimate of drug-likeness (QED) is 0.745. The number of amides is 2. The number of ether oxygens (including phenoxy) is 2. The molecule has 2 aromatic carbocycles. The number of carbonyl (C=O) groups excluding carboxylic acids is 3. The summed E-state index contributed by atoms with van der Waals surface area (Å²) < 4.78 is 10.2. The van der Waals surface area contributed by atoms with Crippen molar-refractivity contribution in [1.29, 1.82) is 0 Å². The van der Waals surface area contributed by atoms with Crippen LogP contribution in [0.2, 0.25) is 0 Å². The summed E-state index contributed by atoms with van der Waals surface area (Å²) in [6.07, 6.45) is -0.960. The number of carbonyl (C=O) groups is 3. The summed E-state index contributed by atoms with van der Waals surface area (Å²) in [5, 5.41) is 2.66. The minimum atomic E-state index is -0.960.